The molecule has 0 nitrogen and oxygen atoms in total. The second-order valence-electron chi connectivity index (χ2n) is 1.50. The lowest BCUT2D eigenvalue weighted by molar-refractivity contribution is 5.96. The molecule has 0 radical (unpaired) electrons. The van der Waals surface area contributed by atoms with E-state index in [1.165, 1.54) is 17.8 Å². The highest BCUT2D eigenvalue weighted by Gasteiger charge is 1.42. The zero-order chi connectivity index (χ0) is 17.6. The van der Waals surface area contributed by atoms with Crippen molar-refractivity contribution in [1.82, 2.24) is 0 Å². The second-order valence-corrected chi connectivity index (χ2v) is 40.4. The zero-order valence-corrected chi connectivity index (χ0v) is 29.4. The maximum Gasteiger partial charge on any atom is 0 e. The molecule has 0 aromatic carbocycles. The summed E-state index contributed by atoms with van der Waals surface area (Å²) >= 11 is 9.54. The first-order chi connectivity index (χ1) is 11.9. The monoisotopic (exact) mass is 767 g/mol. The SMILES string of the molecule is S=S=S=S=S=S=S=S=S=S=S=S=S=S=S=S=S=S=S=S=S=S=S=S. The fourth-order valence-electron chi connectivity index (χ4n) is 0.227. The molecule has 0 aromatic heterocycles. The Balaban J connectivity index is 5.86. The van der Waals surface area contributed by atoms with Crippen LogP contribution in [0.3, 0.4) is 0 Å². The Morgan fingerprint density at radius 1 is 0.208 bits per heavy atom. The van der Waals surface area contributed by atoms with Crippen LogP contribution in [0.4, 0.5) is 0 Å². The maximum absolute atomic E-state index is 4.77. The van der Waals surface area contributed by atoms with Crippen molar-refractivity contribution < 1.29 is 0 Å². The Hall–Kier alpha value is 5.28. The summed E-state index contributed by atoms with van der Waals surface area (Å²) in [5.41, 5.74) is 0. The van der Waals surface area contributed by atoms with Crippen LogP contribution in [0, 0.1) is 0 Å². The molecule has 0 heterocycles. The van der Waals surface area contributed by atoms with Gasteiger partial charge in [0.1, 0.15) is 0 Å². The summed E-state index contributed by atoms with van der Waals surface area (Å²) in [5.74, 6) is 0. The minimum Gasteiger partial charge on any atom is 0 e. The van der Waals surface area contributed by atoms with E-state index in [2.05, 4.69) is 0 Å². The van der Waals surface area contributed by atoms with Crippen molar-refractivity contribution in [3.63, 3.8) is 0 Å². The van der Waals surface area contributed by atoms with Gasteiger partial charge in [-0.1, -0.05) is 0 Å². The molecule has 0 fully saturated rings. The molecular formula is S24. The van der Waals surface area contributed by atoms with Gasteiger partial charge in [-0.2, -0.15) is 0 Å². The molecule has 0 amide bonds. The van der Waals surface area contributed by atoms with E-state index in [1.54, 1.807) is 142 Å². The molecule has 0 aliphatic carbocycles. The van der Waals surface area contributed by atoms with E-state index in [0.29, 0.717) is 0 Å². The van der Waals surface area contributed by atoms with Gasteiger partial charge in [-0.25, -0.2) is 0 Å². The molecule has 0 unspecified atom stereocenters. The number of rotatable bonds is 0. The minimum absolute atomic E-state index is 1.37. The van der Waals surface area contributed by atoms with Gasteiger partial charge in [0.15, 0.2) is 0 Å². The van der Waals surface area contributed by atoms with Gasteiger partial charge in [-0.15, -0.1) is 0 Å². The van der Waals surface area contributed by atoms with Gasteiger partial charge in [0.25, 0.3) is 0 Å². The van der Waals surface area contributed by atoms with Crippen LogP contribution < -0.4 is 0 Å². The molecule has 24 heteroatoms. The zero-order valence-electron chi connectivity index (χ0n) is 9.80. The predicted octanol–water partition coefficient (Wildman–Crippen LogP) is -0.0576. The summed E-state index contributed by atoms with van der Waals surface area (Å²) in [6.07, 6.45) is 0. The summed E-state index contributed by atoms with van der Waals surface area (Å²) in [6, 6.07) is 0. The van der Waals surface area contributed by atoms with Crippen molar-refractivity contribution in [2.45, 2.75) is 0 Å². The van der Waals surface area contributed by atoms with Gasteiger partial charge in [0, 0.05) is 218 Å². The molecule has 0 saturated heterocycles. The van der Waals surface area contributed by atoms with Crippen molar-refractivity contribution in [3.8, 4) is 0 Å². The highest BCUT2D eigenvalue weighted by atomic mass is 33.5. The van der Waals surface area contributed by atoms with E-state index < -0.39 is 0 Å². The number of hydrogen-bond acceptors (Lipinski definition) is 2. The molecule has 24 heavy (non-hydrogen) atoms. The molecule has 0 rings (SSSR count). The van der Waals surface area contributed by atoms with E-state index in [4.69, 9.17) is 22.4 Å². The van der Waals surface area contributed by atoms with Gasteiger partial charge in [-0.05, 0) is 0 Å². The van der Waals surface area contributed by atoms with Crippen molar-refractivity contribution in [2.24, 2.45) is 0 Å². The smallest absolute Gasteiger partial charge is 0 e. The van der Waals surface area contributed by atoms with E-state index in [-0.39, 0.29) is 0 Å². The van der Waals surface area contributed by atoms with Crippen LogP contribution in [0.15, 0.2) is 0 Å². The Bertz CT molecular complexity index is 1220. The normalized spacial score (nSPS) is 7.50. The largest absolute Gasteiger partial charge is 0 e. The van der Waals surface area contributed by atoms with Crippen molar-refractivity contribution >= 4 is 218 Å². The fraction of sp³-hybridized carbons (Fsp3) is 0. The van der Waals surface area contributed by atoms with Crippen LogP contribution in [-0.4, -0.2) is 0 Å². The molecule has 0 aromatic rings. The summed E-state index contributed by atoms with van der Waals surface area (Å²) in [4.78, 5) is 0. The standard InChI is InChI=1S/S24/c1-3-5-7-9-11-13-15-17-19-21-23-24-22-20-18-16-14-12-10-8-6-4-2. The molecule has 0 bridgehead atoms. The van der Waals surface area contributed by atoms with Gasteiger partial charge >= 0.3 is 0 Å². The maximum atomic E-state index is 4.77. The first-order valence-electron chi connectivity index (χ1n) is 3.83. The lowest BCUT2D eigenvalue weighted by atomic mass is 30.7. The van der Waals surface area contributed by atoms with Gasteiger partial charge in [-0.3, -0.25) is 0 Å². The second kappa shape index (κ2) is 28.3. The third kappa shape index (κ3) is 27.3. The van der Waals surface area contributed by atoms with Gasteiger partial charge in [0.2, 0.25) is 0 Å². The average molecular weight is 770 g/mol. The average Bonchev–Trinajstić information content (AvgIpc) is 2.60. The Labute approximate surface area is 212 Å². The van der Waals surface area contributed by atoms with E-state index >= 15 is 0 Å². The Morgan fingerprint density at radius 3 is 0.458 bits per heavy atom. The molecule has 0 atom stereocenters. The van der Waals surface area contributed by atoms with Gasteiger partial charge in [0.05, 0.1) is 0 Å². The van der Waals surface area contributed by atoms with Crippen LogP contribution in [-0.2, 0) is 218 Å². The van der Waals surface area contributed by atoms with Crippen LogP contribution in [0.5, 0.6) is 0 Å². The molecule has 0 aliphatic rings. The van der Waals surface area contributed by atoms with Crippen molar-refractivity contribution in [2.75, 3.05) is 0 Å². The van der Waals surface area contributed by atoms with E-state index in [9.17, 15) is 0 Å². The Kier molecular flexibility index (Phi) is 34.5. The predicted molar refractivity (Wildman–Crippen MR) is 177 cm³/mol. The van der Waals surface area contributed by atoms with Crippen LogP contribution in [0.25, 0.3) is 0 Å². The third-order valence-electron chi connectivity index (χ3n) is 0.583. The first kappa shape index (κ1) is 29.3. The van der Waals surface area contributed by atoms with E-state index in [0.717, 1.165) is 0 Å². The van der Waals surface area contributed by atoms with E-state index in [1.807, 2.05) is 35.5 Å². The Morgan fingerprint density at radius 2 is 0.333 bits per heavy atom. The quantitative estimate of drug-likeness (QED) is 0.340. The van der Waals surface area contributed by atoms with Crippen molar-refractivity contribution in [3.05, 3.63) is 0 Å². The number of hydrogen-bond donors (Lipinski definition) is 0. The summed E-state index contributed by atoms with van der Waals surface area (Å²) in [7, 11) is 38.1. The third-order valence-corrected chi connectivity index (χ3v) is 47.2. The molecule has 0 aliphatic heterocycles. The molecule has 0 N–H and O–H groups in total. The topological polar surface area (TPSA) is 0 Å². The molecular weight excluding hydrogens is 770 g/mol. The summed E-state index contributed by atoms with van der Waals surface area (Å²) in [5, 5.41) is 0. The highest BCUT2D eigenvalue weighted by Crippen LogP contribution is 1.42. The lowest BCUT2D eigenvalue weighted by Crippen LogP contribution is -1.40. The summed E-state index contributed by atoms with van der Waals surface area (Å²) in [6.45, 7) is 0. The minimum atomic E-state index is 1.37. The summed E-state index contributed by atoms with van der Waals surface area (Å²) < 4.78 is 0. The fourth-order valence-corrected chi connectivity index (χ4v) is 55.1. The molecule has 144 valence electrons. The highest BCUT2D eigenvalue weighted by molar-refractivity contribution is 8.79. The first-order valence-corrected chi connectivity index (χ1v) is 34.5. The van der Waals surface area contributed by atoms with Crippen molar-refractivity contribution in [1.29, 1.82) is 0 Å². The lowest BCUT2D eigenvalue weighted by Gasteiger charge is -1.40. The van der Waals surface area contributed by atoms with Gasteiger partial charge < -0.3 is 0 Å². The van der Waals surface area contributed by atoms with Crippen LogP contribution in [0.2, 0.25) is 0 Å². The van der Waals surface area contributed by atoms with Crippen LogP contribution >= 0.6 is 0 Å². The molecule has 0 spiro atoms. The van der Waals surface area contributed by atoms with Crippen LogP contribution in [0.1, 0.15) is 0 Å². The molecule has 0 saturated carbocycles.